The standard InChI is InChI=1S/C6H13NO4/c1-5(2,8)6(3,4)11-7(9)10/h8H,1-4H3. The molecule has 1 N–H and O–H groups in total. The molecule has 0 rings (SSSR count). The first-order chi connectivity index (χ1) is 4.67. The topological polar surface area (TPSA) is 72.6 Å². The quantitative estimate of drug-likeness (QED) is 0.492. The lowest BCUT2D eigenvalue weighted by molar-refractivity contribution is -0.783. The third-order valence-electron chi connectivity index (χ3n) is 1.78. The Hall–Kier alpha value is -0.840. The average molecular weight is 163 g/mol. The van der Waals surface area contributed by atoms with Crippen LogP contribution in [0.4, 0.5) is 0 Å². The Morgan fingerprint density at radius 1 is 1.36 bits per heavy atom. The van der Waals surface area contributed by atoms with E-state index in [-0.39, 0.29) is 0 Å². The predicted molar refractivity (Wildman–Crippen MR) is 38.5 cm³/mol. The Morgan fingerprint density at radius 2 is 1.73 bits per heavy atom. The van der Waals surface area contributed by atoms with E-state index in [0.29, 0.717) is 0 Å². The molecule has 0 unspecified atom stereocenters. The van der Waals surface area contributed by atoms with Gasteiger partial charge in [0.25, 0.3) is 5.09 Å². The van der Waals surface area contributed by atoms with Gasteiger partial charge in [-0.15, -0.1) is 10.1 Å². The van der Waals surface area contributed by atoms with Crippen LogP contribution in [0.25, 0.3) is 0 Å². The third-order valence-corrected chi connectivity index (χ3v) is 1.78. The molecule has 0 amide bonds. The molecule has 0 saturated carbocycles. The minimum absolute atomic E-state index is 0.905. The van der Waals surface area contributed by atoms with E-state index in [2.05, 4.69) is 4.84 Å². The molecule has 0 aliphatic carbocycles. The van der Waals surface area contributed by atoms with E-state index in [4.69, 9.17) is 0 Å². The number of nitrogens with zero attached hydrogens (tertiary/aromatic N) is 1. The van der Waals surface area contributed by atoms with Crippen molar-refractivity contribution in [2.45, 2.75) is 38.9 Å². The third kappa shape index (κ3) is 2.71. The van der Waals surface area contributed by atoms with Crippen molar-refractivity contribution in [1.82, 2.24) is 0 Å². The van der Waals surface area contributed by atoms with Gasteiger partial charge < -0.3 is 9.94 Å². The van der Waals surface area contributed by atoms with E-state index < -0.39 is 16.3 Å². The number of rotatable bonds is 3. The van der Waals surface area contributed by atoms with Gasteiger partial charge in [0.15, 0.2) is 0 Å². The Labute approximate surface area is 65.1 Å². The predicted octanol–water partition coefficient (Wildman–Crippen LogP) is 0.744. The first-order valence-electron chi connectivity index (χ1n) is 3.23. The van der Waals surface area contributed by atoms with Crippen LogP contribution in [0.1, 0.15) is 27.7 Å². The fourth-order valence-corrected chi connectivity index (χ4v) is 0.298. The van der Waals surface area contributed by atoms with Gasteiger partial charge in [0.05, 0.1) is 5.60 Å². The first-order valence-corrected chi connectivity index (χ1v) is 3.23. The molecule has 0 atom stereocenters. The summed E-state index contributed by atoms with van der Waals surface area (Å²) >= 11 is 0. The second-order valence-corrected chi connectivity index (χ2v) is 3.38. The number of aliphatic hydroxyl groups is 1. The zero-order valence-corrected chi connectivity index (χ0v) is 7.12. The molecule has 0 aromatic rings. The van der Waals surface area contributed by atoms with Gasteiger partial charge in [-0.05, 0) is 27.7 Å². The maximum absolute atomic E-state index is 9.93. The molecule has 5 nitrogen and oxygen atoms in total. The molecule has 0 spiro atoms. The molecule has 0 aliphatic heterocycles. The van der Waals surface area contributed by atoms with Gasteiger partial charge in [-0.3, -0.25) is 0 Å². The molecule has 0 heterocycles. The molecule has 0 aliphatic rings. The Morgan fingerprint density at radius 3 is 1.82 bits per heavy atom. The summed E-state index contributed by atoms with van der Waals surface area (Å²) in [7, 11) is 0. The summed E-state index contributed by atoms with van der Waals surface area (Å²) in [6.45, 7) is 5.82. The molecule has 0 radical (unpaired) electrons. The molecule has 66 valence electrons. The van der Waals surface area contributed by atoms with Gasteiger partial charge in [-0.25, -0.2) is 0 Å². The molecule has 5 heteroatoms. The van der Waals surface area contributed by atoms with Crippen molar-refractivity contribution in [3.05, 3.63) is 10.1 Å². The number of hydrogen-bond donors (Lipinski definition) is 1. The van der Waals surface area contributed by atoms with Gasteiger partial charge in [-0.1, -0.05) is 0 Å². The SMILES string of the molecule is CC(C)(O)C(C)(C)O[N+](=O)[O-]. The van der Waals surface area contributed by atoms with Crippen LogP contribution in [0.5, 0.6) is 0 Å². The summed E-state index contributed by atoms with van der Waals surface area (Å²) in [4.78, 5) is 14.2. The van der Waals surface area contributed by atoms with Gasteiger partial charge >= 0.3 is 0 Å². The van der Waals surface area contributed by atoms with Crippen molar-refractivity contribution in [3.63, 3.8) is 0 Å². The molecule has 11 heavy (non-hydrogen) atoms. The average Bonchev–Trinajstić information content (AvgIpc) is 1.56. The normalized spacial score (nSPS) is 12.8. The molecule has 0 aromatic carbocycles. The molecular weight excluding hydrogens is 150 g/mol. The van der Waals surface area contributed by atoms with Crippen molar-refractivity contribution in [2.75, 3.05) is 0 Å². The van der Waals surface area contributed by atoms with E-state index >= 15 is 0 Å². The summed E-state index contributed by atoms with van der Waals surface area (Å²) in [5, 5.41) is 18.4. The van der Waals surface area contributed by atoms with Crippen LogP contribution in [-0.2, 0) is 4.84 Å². The first kappa shape index (κ1) is 10.2. The molecular formula is C6H13NO4. The molecule has 0 saturated heterocycles. The zero-order valence-electron chi connectivity index (χ0n) is 7.12. The highest BCUT2D eigenvalue weighted by Crippen LogP contribution is 2.24. The van der Waals surface area contributed by atoms with Crippen LogP contribution in [0.15, 0.2) is 0 Å². The van der Waals surface area contributed by atoms with E-state index in [1.807, 2.05) is 0 Å². The fourth-order valence-electron chi connectivity index (χ4n) is 0.298. The van der Waals surface area contributed by atoms with Crippen molar-refractivity contribution < 1.29 is 15.0 Å². The van der Waals surface area contributed by atoms with Crippen LogP contribution in [-0.4, -0.2) is 21.4 Å². The summed E-state index contributed by atoms with van der Waals surface area (Å²) < 4.78 is 0. The Kier molecular flexibility index (Phi) is 2.45. The minimum Gasteiger partial charge on any atom is -0.388 e. The summed E-state index contributed by atoms with van der Waals surface area (Å²) in [5.41, 5.74) is -2.42. The van der Waals surface area contributed by atoms with Crippen LogP contribution in [0.3, 0.4) is 0 Å². The fraction of sp³-hybridized carbons (Fsp3) is 1.00. The summed E-state index contributed by atoms with van der Waals surface area (Å²) in [6, 6.07) is 0. The molecule has 0 bridgehead atoms. The van der Waals surface area contributed by atoms with Crippen LogP contribution < -0.4 is 0 Å². The van der Waals surface area contributed by atoms with E-state index in [9.17, 15) is 15.2 Å². The van der Waals surface area contributed by atoms with Gasteiger partial charge in [0.2, 0.25) is 0 Å². The maximum atomic E-state index is 9.93. The van der Waals surface area contributed by atoms with Gasteiger partial charge in [-0.2, -0.15) is 0 Å². The van der Waals surface area contributed by atoms with Crippen molar-refractivity contribution in [3.8, 4) is 0 Å². The Balaban J connectivity index is 4.34. The van der Waals surface area contributed by atoms with Crippen molar-refractivity contribution >= 4 is 0 Å². The second kappa shape index (κ2) is 2.65. The summed E-state index contributed by atoms with van der Waals surface area (Å²) in [6.07, 6.45) is 0. The monoisotopic (exact) mass is 163 g/mol. The van der Waals surface area contributed by atoms with Crippen LogP contribution in [0.2, 0.25) is 0 Å². The Bertz CT molecular complexity index is 158. The smallest absolute Gasteiger partial charge is 0.295 e. The summed E-state index contributed by atoms with van der Waals surface area (Å²) in [5.74, 6) is 0. The lowest BCUT2D eigenvalue weighted by Crippen LogP contribution is -2.48. The molecule has 0 fully saturated rings. The number of hydrogen-bond acceptors (Lipinski definition) is 4. The maximum Gasteiger partial charge on any atom is 0.295 e. The lowest BCUT2D eigenvalue weighted by atomic mass is 9.90. The van der Waals surface area contributed by atoms with Gasteiger partial charge in [0, 0.05) is 0 Å². The minimum atomic E-state index is -1.24. The van der Waals surface area contributed by atoms with Crippen molar-refractivity contribution in [1.29, 1.82) is 0 Å². The van der Waals surface area contributed by atoms with E-state index in [1.165, 1.54) is 27.7 Å². The van der Waals surface area contributed by atoms with Gasteiger partial charge in [0.1, 0.15) is 5.60 Å². The van der Waals surface area contributed by atoms with Crippen LogP contribution >= 0.6 is 0 Å². The molecule has 0 aromatic heterocycles. The van der Waals surface area contributed by atoms with Crippen molar-refractivity contribution in [2.24, 2.45) is 0 Å². The van der Waals surface area contributed by atoms with Crippen LogP contribution in [0, 0.1) is 10.1 Å². The highest BCUT2D eigenvalue weighted by Gasteiger charge is 2.38. The zero-order chi connectivity index (χ0) is 9.28. The highest BCUT2D eigenvalue weighted by atomic mass is 17.0. The van der Waals surface area contributed by atoms with E-state index in [1.54, 1.807) is 0 Å². The van der Waals surface area contributed by atoms with E-state index in [0.717, 1.165) is 0 Å². The second-order valence-electron chi connectivity index (χ2n) is 3.38. The highest BCUT2D eigenvalue weighted by molar-refractivity contribution is 4.85. The lowest BCUT2D eigenvalue weighted by Gasteiger charge is -2.34. The largest absolute Gasteiger partial charge is 0.388 e.